The van der Waals surface area contributed by atoms with Crippen LogP contribution in [0.4, 0.5) is 0 Å². The van der Waals surface area contributed by atoms with Crippen molar-refractivity contribution in [3.8, 4) is 0 Å². The van der Waals surface area contributed by atoms with E-state index in [4.69, 9.17) is 4.74 Å². The van der Waals surface area contributed by atoms with Gasteiger partial charge in [-0.25, -0.2) is 9.78 Å². The van der Waals surface area contributed by atoms with E-state index in [9.17, 15) is 4.79 Å². The van der Waals surface area contributed by atoms with Crippen LogP contribution >= 0.6 is 15.9 Å². The lowest BCUT2D eigenvalue weighted by molar-refractivity contribution is 0.0531. The van der Waals surface area contributed by atoms with Crippen LogP contribution in [0.5, 0.6) is 0 Å². The van der Waals surface area contributed by atoms with Crippen LogP contribution in [0.3, 0.4) is 0 Å². The highest BCUT2D eigenvalue weighted by atomic mass is 79.9. The summed E-state index contributed by atoms with van der Waals surface area (Å²) in [6, 6.07) is 1.84. The molecule has 1 aliphatic heterocycles. The number of cyclic esters (lactones) is 1. The van der Waals surface area contributed by atoms with E-state index in [1.165, 1.54) is 0 Å². The Labute approximate surface area is 71.5 Å². The van der Waals surface area contributed by atoms with Gasteiger partial charge < -0.3 is 4.74 Å². The van der Waals surface area contributed by atoms with Crippen LogP contribution in [0.15, 0.2) is 16.7 Å². The number of pyridine rings is 1. The molecule has 3 nitrogen and oxygen atoms in total. The second kappa shape index (κ2) is 2.30. The molecule has 0 spiro atoms. The summed E-state index contributed by atoms with van der Waals surface area (Å²) in [7, 11) is 0. The number of halogens is 1. The fraction of sp³-hybridized carbons (Fsp3) is 0.143. The smallest absolute Gasteiger partial charge is 0.357 e. The number of esters is 1. The molecule has 0 N–H and O–H groups in total. The second-order valence-electron chi connectivity index (χ2n) is 2.24. The van der Waals surface area contributed by atoms with Crippen LogP contribution in [-0.2, 0) is 11.3 Å². The summed E-state index contributed by atoms with van der Waals surface area (Å²) in [5.41, 5.74) is 1.29. The zero-order chi connectivity index (χ0) is 7.84. The predicted molar refractivity (Wildman–Crippen MR) is 41.1 cm³/mol. The molecule has 0 aromatic carbocycles. The Bertz CT molecular complexity index is 324. The number of fused-ring (bicyclic) bond motifs is 1. The first-order chi connectivity index (χ1) is 5.27. The van der Waals surface area contributed by atoms with Crippen molar-refractivity contribution in [2.24, 2.45) is 0 Å². The number of hydrogen-bond donors (Lipinski definition) is 0. The lowest BCUT2D eigenvalue weighted by Crippen LogP contribution is -1.96. The Morgan fingerprint density at radius 1 is 1.64 bits per heavy atom. The number of ether oxygens (including phenoxy) is 1. The molecule has 0 unspecified atom stereocenters. The van der Waals surface area contributed by atoms with Crippen molar-refractivity contribution in [1.29, 1.82) is 0 Å². The van der Waals surface area contributed by atoms with Gasteiger partial charge in [-0.05, 0) is 22.0 Å². The quantitative estimate of drug-likeness (QED) is 0.614. The number of carbonyl (C=O) groups is 1. The molecule has 1 aromatic heterocycles. The summed E-state index contributed by atoms with van der Waals surface area (Å²) >= 11 is 3.26. The van der Waals surface area contributed by atoms with Gasteiger partial charge in [0.2, 0.25) is 0 Å². The van der Waals surface area contributed by atoms with Crippen molar-refractivity contribution in [2.75, 3.05) is 0 Å². The molecular formula is C7H4BrNO2. The molecule has 2 rings (SSSR count). The zero-order valence-corrected chi connectivity index (χ0v) is 7.09. The number of rotatable bonds is 0. The fourth-order valence-corrected chi connectivity index (χ4v) is 1.37. The van der Waals surface area contributed by atoms with Crippen molar-refractivity contribution in [3.63, 3.8) is 0 Å². The third kappa shape index (κ3) is 1.03. The minimum atomic E-state index is -0.326. The Morgan fingerprint density at radius 2 is 2.45 bits per heavy atom. The van der Waals surface area contributed by atoms with Gasteiger partial charge in [0, 0.05) is 16.2 Å². The van der Waals surface area contributed by atoms with Gasteiger partial charge in [0.05, 0.1) is 0 Å². The highest BCUT2D eigenvalue weighted by Gasteiger charge is 2.22. The molecule has 11 heavy (non-hydrogen) atoms. The predicted octanol–water partition coefficient (Wildman–Crippen LogP) is 1.51. The van der Waals surface area contributed by atoms with E-state index in [-0.39, 0.29) is 5.97 Å². The molecule has 0 aliphatic carbocycles. The van der Waals surface area contributed by atoms with E-state index >= 15 is 0 Å². The molecule has 0 saturated heterocycles. The zero-order valence-electron chi connectivity index (χ0n) is 5.50. The standard InChI is InChI=1S/C7H4BrNO2/c8-5-1-4-3-11-7(10)6(4)9-2-5/h1-2H,3H2. The Balaban J connectivity index is 2.59. The minimum Gasteiger partial charge on any atom is -0.456 e. The van der Waals surface area contributed by atoms with Crippen LogP contribution in [-0.4, -0.2) is 11.0 Å². The van der Waals surface area contributed by atoms with E-state index in [1.807, 2.05) is 6.07 Å². The maximum Gasteiger partial charge on any atom is 0.357 e. The van der Waals surface area contributed by atoms with Crippen molar-refractivity contribution in [1.82, 2.24) is 4.98 Å². The normalized spacial score (nSPS) is 14.5. The van der Waals surface area contributed by atoms with Gasteiger partial charge in [0.15, 0.2) is 5.69 Å². The van der Waals surface area contributed by atoms with Crippen LogP contribution in [0, 0.1) is 0 Å². The van der Waals surface area contributed by atoms with Crippen LogP contribution < -0.4 is 0 Å². The topological polar surface area (TPSA) is 39.2 Å². The first-order valence-electron chi connectivity index (χ1n) is 3.09. The van der Waals surface area contributed by atoms with Gasteiger partial charge in [-0.15, -0.1) is 0 Å². The Morgan fingerprint density at radius 3 is 3.27 bits per heavy atom. The highest BCUT2D eigenvalue weighted by molar-refractivity contribution is 9.10. The molecule has 0 amide bonds. The Hall–Kier alpha value is -0.900. The van der Waals surface area contributed by atoms with Gasteiger partial charge >= 0.3 is 5.97 Å². The lowest BCUT2D eigenvalue weighted by atomic mass is 10.2. The van der Waals surface area contributed by atoms with Crippen molar-refractivity contribution in [2.45, 2.75) is 6.61 Å². The number of hydrogen-bond acceptors (Lipinski definition) is 3. The second-order valence-corrected chi connectivity index (χ2v) is 3.15. The molecule has 1 aliphatic rings. The van der Waals surface area contributed by atoms with Gasteiger partial charge in [-0.1, -0.05) is 0 Å². The number of nitrogens with zero attached hydrogens (tertiary/aromatic N) is 1. The maximum absolute atomic E-state index is 10.9. The van der Waals surface area contributed by atoms with E-state index in [1.54, 1.807) is 6.20 Å². The molecule has 0 bridgehead atoms. The van der Waals surface area contributed by atoms with Gasteiger partial charge in [-0.2, -0.15) is 0 Å². The van der Waals surface area contributed by atoms with E-state index in [2.05, 4.69) is 20.9 Å². The summed E-state index contributed by atoms with van der Waals surface area (Å²) in [5, 5.41) is 0. The lowest BCUT2D eigenvalue weighted by Gasteiger charge is -1.91. The summed E-state index contributed by atoms with van der Waals surface area (Å²) in [6.07, 6.45) is 1.59. The van der Waals surface area contributed by atoms with E-state index in [0.717, 1.165) is 10.0 Å². The van der Waals surface area contributed by atoms with Gasteiger partial charge in [0.1, 0.15) is 6.61 Å². The first-order valence-corrected chi connectivity index (χ1v) is 3.88. The molecule has 0 saturated carbocycles. The largest absolute Gasteiger partial charge is 0.456 e. The summed E-state index contributed by atoms with van der Waals surface area (Å²) < 4.78 is 5.63. The minimum absolute atomic E-state index is 0.326. The number of carbonyl (C=O) groups excluding carboxylic acids is 1. The molecule has 2 heterocycles. The highest BCUT2D eigenvalue weighted by Crippen LogP contribution is 2.20. The third-order valence-electron chi connectivity index (χ3n) is 1.49. The molecule has 0 radical (unpaired) electrons. The monoisotopic (exact) mass is 213 g/mol. The molecule has 0 fully saturated rings. The molecule has 56 valence electrons. The molecular weight excluding hydrogens is 210 g/mol. The molecule has 0 atom stereocenters. The van der Waals surface area contributed by atoms with Crippen molar-refractivity contribution in [3.05, 3.63) is 28.0 Å². The Kier molecular flexibility index (Phi) is 1.42. The van der Waals surface area contributed by atoms with Crippen molar-refractivity contribution >= 4 is 21.9 Å². The average Bonchev–Trinajstić information content (AvgIpc) is 2.32. The van der Waals surface area contributed by atoms with Crippen molar-refractivity contribution < 1.29 is 9.53 Å². The van der Waals surface area contributed by atoms with Gasteiger partial charge in [0.25, 0.3) is 0 Å². The SMILES string of the molecule is O=C1OCc2cc(Br)cnc21. The van der Waals surface area contributed by atoms with Gasteiger partial charge in [-0.3, -0.25) is 0 Å². The third-order valence-corrected chi connectivity index (χ3v) is 1.92. The first kappa shape index (κ1) is 6.79. The summed E-state index contributed by atoms with van der Waals surface area (Å²) in [6.45, 7) is 0.348. The number of aromatic nitrogens is 1. The maximum atomic E-state index is 10.9. The molecule has 1 aromatic rings. The molecule has 4 heteroatoms. The van der Waals surface area contributed by atoms with Crippen LogP contribution in [0.2, 0.25) is 0 Å². The van der Waals surface area contributed by atoms with Crippen LogP contribution in [0.1, 0.15) is 16.1 Å². The summed E-state index contributed by atoms with van der Waals surface area (Å²) in [5.74, 6) is -0.326. The van der Waals surface area contributed by atoms with Crippen LogP contribution in [0.25, 0.3) is 0 Å². The average molecular weight is 214 g/mol. The van der Waals surface area contributed by atoms with E-state index in [0.29, 0.717) is 12.3 Å². The van der Waals surface area contributed by atoms with E-state index < -0.39 is 0 Å². The summed E-state index contributed by atoms with van der Waals surface area (Å²) in [4.78, 5) is 14.8. The fourth-order valence-electron chi connectivity index (χ4n) is 0.987.